The summed E-state index contributed by atoms with van der Waals surface area (Å²) in [6.45, 7) is 1.68. The van der Waals surface area contributed by atoms with Crippen LogP contribution in [0, 0.1) is 16.0 Å². The number of anilines is 1. The summed E-state index contributed by atoms with van der Waals surface area (Å²) in [6.07, 6.45) is 1.59. The topological polar surface area (TPSA) is 191 Å². The van der Waals surface area contributed by atoms with E-state index in [1.807, 2.05) is 0 Å². The van der Waals surface area contributed by atoms with Gasteiger partial charge in [-0.15, -0.1) is 0 Å². The van der Waals surface area contributed by atoms with Crippen LogP contribution in [0.15, 0.2) is 52.3 Å². The van der Waals surface area contributed by atoms with Crippen LogP contribution < -0.4 is 14.8 Å². The highest BCUT2D eigenvalue weighted by atomic mass is 32.2. The van der Waals surface area contributed by atoms with Gasteiger partial charge >= 0.3 is 0 Å². The second-order valence-electron chi connectivity index (χ2n) is 7.57. The van der Waals surface area contributed by atoms with E-state index >= 15 is 0 Å². The normalized spacial score (nSPS) is 14.6. The SMILES string of the molecule is O=CNS(=O)(=O)c1ccc(C(=O)NS(=O)(=O)c2ccc(NCC3CCOCC3)c([N+](=O)[O-])c2)cc1. The molecule has 0 atom stereocenters. The van der Waals surface area contributed by atoms with Crippen LogP contribution in [0.25, 0.3) is 0 Å². The zero-order valence-corrected chi connectivity index (χ0v) is 19.8. The van der Waals surface area contributed by atoms with Gasteiger partial charge in [-0.25, -0.2) is 21.6 Å². The molecule has 3 rings (SSSR count). The van der Waals surface area contributed by atoms with Gasteiger partial charge in [-0.1, -0.05) is 0 Å². The van der Waals surface area contributed by atoms with Gasteiger partial charge in [-0.3, -0.25) is 24.4 Å². The first-order valence-corrected chi connectivity index (χ1v) is 13.2. The van der Waals surface area contributed by atoms with Crippen molar-refractivity contribution in [3.8, 4) is 0 Å². The Hall–Kier alpha value is -3.56. The molecule has 2 aromatic rings. The lowest BCUT2D eigenvalue weighted by molar-refractivity contribution is -0.384. The molecular formula is C20H22N4O9S2. The van der Waals surface area contributed by atoms with E-state index in [0.29, 0.717) is 19.8 Å². The van der Waals surface area contributed by atoms with E-state index in [1.54, 1.807) is 9.44 Å². The molecular weight excluding hydrogens is 504 g/mol. The third-order valence-electron chi connectivity index (χ3n) is 5.26. The first kappa shape index (κ1) is 26.1. The molecule has 1 heterocycles. The van der Waals surface area contributed by atoms with Crippen molar-refractivity contribution in [3.05, 3.63) is 58.1 Å². The average Bonchev–Trinajstić information content (AvgIpc) is 2.83. The highest BCUT2D eigenvalue weighted by molar-refractivity contribution is 7.90. The molecule has 2 aromatic carbocycles. The molecule has 0 aromatic heterocycles. The summed E-state index contributed by atoms with van der Waals surface area (Å²) in [5.41, 5.74) is -0.514. The quantitative estimate of drug-likeness (QED) is 0.228. The third-order valence-corrected chi connectivity index (χ3v) is 7.88. The number of sulfonamides is 2. The van der Waals surface area contributed by atoms with Crippen molar-refractivity contribution in [1.82, 2.24) is 9.44 Å². The number of ether oxygens (including phenoxy) is 1. The number of hydrogen-bond acceptors (Lipinski definition) is 10. The van der Waals surface area contributed by atoms with Gasteiger partial charge in [0.1, 0.15) is 5.69 Å². The Morgan fingerprint density at radius 1 is 1.03 bits per heavy atom. The molecule has 0 spiro atoms. The Balaban J connectivity index is 1.75. The Kier molecular flexibility index (Phi) is 8.03. The predicted octanol–water partition coefficient (Wildman–Crippen LogP) is 0.987. The lowest BCUT2D eigenvalue weighted by atomic mass is 10.0. The maximum atomic E-state index is 12.7. The number of nitrogens with one attached hydrogen (secondary N) is 3. The minimum atomic E-state index is -4.49. The van der Waals surface area contributed by atoms with Gasteiger partial charge in [0.25, 0.3) is 31.6 Å². The first-order valence-electron chi connectivity index (χ1n) is 10.3. The molecule has 1 fully saturated rings. The van der Waals surface area contributed by atoms with E-state index < -0.39 is 41.5 Å². The number of amides is 2. The number of nitrogens with zero attached hydrogens (tertiary/aromatic N) is 1. The fraction of sp³-hybridized carbons (Fsp3) is 0.300. The van der Waals surface area contributed by atoms with Gasteiger partial charge in [-0.2, -0.15) is 0 Å². The predicted molar refractivity (Wildman–Crippen MR) is 123 cm³/mol. The second-order valence-corrected chi connectivity index (χ2v) is 11.0. The fourth-order valence-corrected chi connectivity index (χ4v) is 5.09. The number of nitro benzene ring substituents is 1. The van der Waals surface area contributed by atoms with Crippen LogP contribution in [-0.2, 0) is 29.6 Å². The molecule has 1 saturated heterocycles. The van der Waals surface area contributed by atoms with Crippen LogP contribution in [0.5, 0.6) is 0 Å². The van der Waals surface area contributed by atoms with Gasteiger partial charge in [0.15, 0.2) is 0 Å². The minimum absolute atomic E-state index is 0.0204. The van der Waals surface area contributed by atoms with E-state index in [2.05, 4.69) is 5.32 Å². The summed E-state index contributed by atoms with van der Waals surface area (Å²) in [5.74, 6) is -0.816. The van der Waals surface area contributed by atoms with Gasteiger partial charge in [0, 0.05) is 31.4 Å². The van der Waals surface area contributed by atoms with Crippen molar-refractivity contribution < 1.29 is 36.1 Å². The minimum Gasteiger partial charge on any atom is -0.381 e. The number of carbonyl (C=O) groups excluding carboxylic acids is 2. The zero-order chi connectivity index (χ0) is 25.6. The molecule has 0 aliphatic carbocycles. The number of carbonyl (C=O) groups is 2. The summed E-state index contributed by atoms with van der Waals surface area (Å²) in [5, 5.41) is 14.5. The van der Waals surface area contributed by atoms with Gasteiger partial charge in [-0.05, 0) is 55.2 Å². The number of rotatable bonds is 10. The van der Waals surface area contributed by atoms with Gasteiger partial charge < -0.3 is 10.1 Å². The third kappa shape index (κ3) is 6.52. The Bertz CT molecular complexity index is 1320. The lowest BCUT2D eigenvalue weighted by Gasteiger charge is -2.22. The van der Waals surface area contributed by atoms with E-state index in [-0.39, 0.29) is 28.5 Å². The molecule has 1 aliphatic heterocycles. The molecule has 13 nitrogen and oxygen atoms in total. The number of benzene rings is 2. The van der Waals surface area contributed by atoms with Crippen LogP contribution in [-0.4, -0.2) is 53.8 Å². The van der Waals surface area contributed by atoms with Crippen LogP contribution >= 0.6 is 0 Å². The van der Waals surface area contributed by atoms with E-state index in [4.69, 9.17) is 4.74 Å². The van der Waals surface area contributed by atoms with Gasteiger partial charge in [0.05, 0.1) is 14.7 Å². The highest BCUT2D eigenvalue weighted by Crippen LogP contribution is 2.28. The van der Waals surface area contributed by atoms with Crippen LogP contribution in [0.4, 0.5) is 11.4 Å². The summed E-state index contributed by atoms with van der Waals surface area (Å²) >= 11 is 0. The highest BCUT2D eigenvalue weighted by Gasteiger charge is 2.25. The Morgan fingerprint density at radius 2 is 1.66 bits per heavy atom. The van der Waals surface area contributed by atoms with Crippen LogP contribution in [0.1, 0.15) is 23.2 Å². The molecule has 0 unspecified atom stereocenters. The zero-order valence-electron chi connectivity index (χ0n) is 18.2. The summed E-state index contributed by atoms with van der Waals surface area (Å²) in [7, 11) is -8.59. The molecule has 1 aliphatic rings. The standard InChI is InChI=1S/C20H22N4O9S2/c25-13-22-34(29,30)16-3-1-15(2-4-16)20(26)23-35(31,32)17-5-6-18(19(11-17)24(27)28)21-12-14-7-9-33-10-8-14/h1-6,11,13-14,21H,7-10,12H2,(H,22,25)(H,23,26). The smallest absolute Gasteiger partial charge is 0.293 e. The largest absolute Gasteiger partial charge is 0.381 e. The Morgan fingerprint density at radius 3 is 2.26 bits per heavy atom. The van der Waals surface area contributed by atoms with E-state index in [0.717, 1.165) is 49.2 Å². The summed E-state index contributed by atoms with van der Waals surface area (Å²) in [4.78, 5) is 32.8. The van der Waals surface area contributed by atoms with Crippen molar-refractivity contribution in [1.29, 1.82) is 0 Å². The van der Waals surface area contributed by atoms with Crippen molar-refractivity contribution >= 4 is 43.7 Å². The molecule has 3 N–H and O–H groups in total. The number of nitro groups is 1. The van der Waals surface area contributed by atoms with Crippen molar-refractivity contribution in [3.63, 3.8) is 0 Å². The molecule has 0 saturated carbocycles. The first-order chi connectivity index (χ1) is 16.5. The second kappa shape index (κ2) is 10.8. The number of hydrogen-bond donors (Lipinski definition) is 3. The maximum absolute atomic E-state index is 12.7. The molecule has 188 valence electrons. The summed E-state index contributed by atoms with van der Waals surface area (Å²) < 4.78 is 57.6. The van der Waals surface area contributed by atoms with Crippen LogP contribution in [0.2, 0.25) is 0 Å². The van der Waals surface area contributed by atoms with E-state index in [1.165, 1.54) is 6.07 Å². The Labute approximate surface area is 201 Å². The van der Waals surface area contributed by atoms with Crippen molar-refractivity contribution in [2.24, 2.45) is 5.92 Å². The molecule has 2 amide bonds. The molecule has 35 heavy (non-hydrogen) atoms. The lowest BCUT2D eigenvalue weighted by Crippen LogP contribution is -2.30. The maximum Gasteiger partial charge on any atom is 0.293 e. The molecule has 0 bridgehead atoms. The monoisotopic (exact) mass is 526 g/mol. The molecule has 0 radical (unpaired) electrons. The van der Waals surface area contributed by atoms with Crippen molar-refractivity contribution in [2.75, 3.05) is 25.1 Å². The fourth-order valence-electron chi connectivity index (χ4n) is 3.34. The summed E-state index contributed by atoms with van der Waals surface area (Å²) in [6, 6.07) is 7.37. The van der Waals surface area contributed by atoms with E-state index in [9.17, 15) is 36.5 Å². The van der Waals surface area contributed by atoms with Crippen molar-refractivity contribution in [2.45, 2.75) is 22.6 Å². The average molecular weight is 527 g/mol. The van der Waals surface area contributed by atoms with Crippen LogP contribution in [0.3, 0.4) is 0 Å². The van der Waals surface area contributed by atoms with Gasteiger partial charge in [0.2, 0.25) is 6.41 Å². The molecule has 15 heteroatoms.